The van der Waals surface area contributed by atoms with Gasteiger partial charge < -0.3 is 9.64 Å². The number of rotatable bonds is 4. The Morgan fingerprint density at radius 2 is 1.15 bits per heavy atom. The predicted molar refractivity (Wildman–Crippen MR) is 216 cm³/mol. The number of benzene rings is 5. The van der Waals surface area contributed by atoms with E-state index in [9.17, 15) is 0 Å². The summed E-state index contributed by atoms with van der Waals surface area (Å²) < 4.78 is 11.0. The first-order valence-corrected chi connectivity index (χ1v) is 21.7. The topological polar surface area (TPSA) is 12.5 Å². The zero-order valence-electron chi connectivity index (χ0n) is 30.2. The van der Waals surface area contributed by atoms with E-state index in [2.05, 4.69) is 120 Å². The van der Waals surface area contributed by atoms with Gasteiger partial charge >= 0.3 is 0 Å². The van der Waals surface area contributed by atoms with Crippen molar-refractivity contribution in [1.29, 1.82) is 0 Å². The first-order chi connectivity index (χ1) is 26.1. The molecule has 1 aliphatic heterocycles. The van der Waals surface area contributed by atoms with Crippen LogP contribution in [0.25, 0.3) is 31.3 Å². The highest BCUT2D eigenvalue weighted by molar-refractivity contribution is 7.25. The van der Waals surface area contributed by atoms with Crippen molar-refractivity contribution in [3.63, 3.8) is 0 Å². The van der Waals surface area contributed by atoms with Crippen molar-refractivity contribution in [3.8, 4) is 11.1 Å². The van der Waals surface area contributed by atoms with Gasteiger partial charge in [-0.1, -0.05) is 72.8 Å². The van der Waals surface area contributed by atoms with Crippen molar-refractivity contribution in [2.24, 2.45) is 52.8 Å². The number of ether oxygens (including phenoxy) is 1. The molecule has 0 amide bonds. The fourth-order valence-electron chi connectivity index (χ4n) is 15.5. The Bertz CT molecular complexity index is 2490. The lowest BCUT2D eigenvalue weighted by Crippen LogP contribution is -2.66. The molecule has 6 aromatic rings. The zero-order valence-corrected chi connectivity index (χ0v) is 31.0. The van der Waals surface area contributed by atoms with Gasteiger partial charge in [-0.2, -0.15) is 0 Å². The van der Waals surface area contributed by atoms with E-state index in [0.717, 1.165) is 29.6 Å². The molecule has 2 nitrogen and oxygen atoms in total. The lowest BCUT2D eigenvalue weighted by molar-refractivity contribution is -0.317. The molecule has 6 atom stereocenters. The van der Waals surface area contributed by atoms with E-state index in [0.29, 0.717) is 23.2 Å². The Morgan fingerprint density at radius 1 is 0.491 bits per heavy atom. The summed E-state index contributed by atoms with van der Waals surface area (Å²) in [5.74, 6) is 6.62. The van der Waals surface area contributed by atoms with Gasteiger partial charge in [0.1, 0.15) is 11.2 Å². The molecule has 8 fully saturated rings. The minimum Gasteiger partial charge on any atom is -0.358 e. The van der Waals surface area contributed by atoms with Gasteiger partial charge in [0, 0.05) is 37.2 Å². The molecule has 2 heterocycles. The molecule has 9 aliphatic rings. The van der Waals surface area contributed by atoms with Gasteiger partial charge in [-0.15, -0.1) is 11.3 Å². The van der Waals surface area contributed by atoms with E-state index < -0.39 is 0 Å². The molecule has 3 heteroatoms. The van der Waals surface area contributed by atoms with Crippen LogP contribution < -0.4 is 4.90 Å². The highest BCUT2D eigenvalue weighted by Crippen LogP contribution is 2.88. The van der Waals surface area contributed by atoms with Crippen molar-refractivity contribution in [2.75, 3.05) is 4.90 Å². The van der Waals surface area contributed by atoms with Gasteiger partial charge in [-0.25, -0.2) is 0 Å². The van der Waals surface area contributed by atoms with Gasteiger partial charge in [-0.05, 0) is 175 Å². The first-order valence-electron chi connectivity index (χ1n) is 20.8. The molecule has 5 aromatic carbocycles. The lowest BCUT2D eigenvalue weighted by atomic mass is 9.36. The molecule has 15 rings (SSSR count). The maximum Gasteiger partial charge on any atom is 0.101 e. The van der Waals surface area contributed by atoms with E-state index in [1.165, 1.54) is 106 Å². The van der Waals surface area contributed by atoms with Crippen LogP contribution in [0.2, 0.25) is 0 Å². The normalized spacial score (nSPS) is 38.8. The number of nitrogens with zero attached hydrogens (tertiary/aromatic N) is 1. The summed E-state index contributed by atoms with van der Waals surface area (Å²) in [4.78, 5) is 2.56. The lowest BCUT2D eigenvalue weighted by Gasteiger charge is -2.70. The van der Waals surface area contributed by atoms with Crippen LogP contribution in [0.1, 0.15) is 68.9 Å². The average Bonchev–Trinajstić information content (AvgIpc) is 3.90. The fraction of sp³-hybridized carbons (Fsp3) is 0.400. The van der Waals surface area contributed by atoms with Crippen LogP contribution in [0.5, 0.6) is 0 Å². The smallest absolute Gasteiger partial charge is 0.101 e. The number of fused-ring (bicyclic) bond motifs is 8. The second kappa shape index (κ2) is 9.84. The Morgan fingerprint density at radius 3 is 1.94 bits per heavy atom. The maximum absolute atomic E-state index is 8.26. The largest absolute Gasteiger partial charge is 0.358 e. The van der Waals surface area contributed by atoms with Crippen molar-refractivity contribution in [1.82, 2.24) is 0 Å². The summed E-state index contributed by atoms with van der Waals surface area (Å²) in [5, 5.41) is 2.72. The van der Waals surface area contributed by atoms with E-state index in [-0.39, 0.29) is 11.2 Å². The van der Waals surface area contributed by atoms with Crippen molar-refractivity contribution < 1.29 is 4.74 Å². The van der Waals surface area contributed by atoms with Crippen LogP contribution in [0.15, 0.2) is 115 Å². The quantitative estimate of drug-likeness (QED) is 0.181. The first kappa shape index (κ1) is 29.4. The standard InChI is InChI=1S/C50H45NOS/c1-2-6-31(7-3-1)32-10-12-38(13-11-32)51(40-14-16-42-41-8-4-5-9-45(41)53-46(42)27-40)39-15-17-43-44(26-39)49(35-19-29-18-30(21-35)22-36(49)20-29)52-50(43)37-24-33-23-34-25-47(50)48(33,34)28-37/h1-17,26-27,29-30,33-37,47H,18-25,28H2. The van der Waals surface area contributed by atoms with Crippen LogP contribution >= 0.6 is 11.3 Å². The highest BCUT2D eigenvalue weighted by atomic mass is 32.1. The molecule has 53 heavy (non-hydrogen) atoms. The predicted octanol–water partition coefficient (Wildman–Crippen LogP) is 13.1. The van der Waals surface area contributed by atoms with Gasteiger partial charge in [0.05, 0.1) is 0 Å². The van der Waals surface area contributed by atoms with Gasteiger partial charge in [0.15, 0.2) is 0 Å². The average molecular weight is 708 g/mol. The number of hydrogen-bond acceptors (Lipinski definition) is 3. The summed E-state index contributed by atoms with van der Waals surface area (Å²) in [6.45, 7) is 0. The van der Waals surface area contributed by atoms with Crippen LogP contribution in [0.3, 0.4) is 0 Å². The number of anilines is 3. The van der Waals surface area contributed by atoms with Gasteiger partial charge in [0.2, 0.25) is 0 Å². The Labute approximate surface area is 316 Å². The Hall–Kier alpha value is -3.92. The molecule has 262 valence electrons. The molecular formula is C50H45NOS. The number of thiophene rings is 1. The molecule has 8 saturated carbocycles. The summed E-state index contributed by atoms with van der Waals surface area (Å²) in [5.41, 5.74) is 9.97. The molecule has 8 aliphatic carbocycles. The maximum atomic E-state index is 8.26. The third kappa shape index (κ3) is 3.45. The minimum atomic E-state index is -0.109. The summed E-state index contributed by atoms with van der Waals surface area (Å²) >= 11 is 1.92. The van der Waals surface area contributed by atoms with Crippen molar-refractivity contribution in [2.45, 2.75) is 69.0 Å². The monoisotopic (exact) mass is 707 g/mol. The van der Waals surface area contributed by atoms with Gasteiger partial charge in [-0.3, -0.25) is 0 Å². The molecule has 0 radical (unpaired) electrons. The van der Waals surface area contributed by atoms with E-state index in [1.807, 2.05) is 11.3 Å². The highest BCUT2D eigenvalue weighted by Gasteiger charge is 2.84. The van der Waals surface area contributed by atoms with Crippen LogP contribution in [-0.2, 0) is 15.9 Å². The molecular weight excluding hydrogens is 663 g/mol. The molecule has 0 N–H and O–H groups in total. The third-order valence-corrected chi connectivity index (χ3v) is 18.3. The Balaban J connectivity index is 0.968. The van der Waals surface area contributed by atoms with Crippen LogP contribution in [0.4, 0.5) is 17.1 Å². The number of hydrogen-bond donors (Lipinski definition) is 0. The molecule has 0 saturated heterocycles. The van der Waals surface area contributed by atoms with Gasteiger partial charge in [0.25, 0.3) is 0 Å². The fourth-order valence-corrected chi connectivity index (χ4v) is 16.7. The Kier molecular flexibility index (Phi) is 5.46. The molecule has 6 bridgehead atoms. The summed E-state index contributed by atoms with van der Waals surface area (Å²) in [7, 11) is 0. The third-order valence-electron chi connectivity index (χ3n) is 17.2. The summed E-state index contributed by atoms with van der Waals surface area (Å²) in [6.07, 6.45) is 12.8. The zero-order chi connectivity index (χ0) is 34.3. The van der Waals surface area contributed by atoms with Crippen molar-refractivity contribution in [3.05, 3.63) is 126 Å². The SMILES string of the molecule is c1ccc(-c2ccc(N(c3ccc4c(c3)C3(OC45C4CC6CC7CC5C67C4)C4CC5CC(C4)CC3C5)c3ccc4c(c3)sc3ccccc34)cc2)cc1. The van der Waals surface area contributed by atoms with E-state index in [1.54, 1.807) is 11.1 Å². The van der Waals surface area contributed by atoms with Crippen LogP contribution in [-0.4, -0.2) is 0 Å². The van der Waals surface area contributed by atoms with Crippen LogP contribution in [0, 0.1) is 52.8 Å². The summed E-state index contributed by atoms with van der Waals surface area (Å²) in [6, 6.07) is 44.0. The van der Waals surface area contributed by atoms with Crippen molar-refractivity contribution >= 4 is 48.6 Å². The van der Waals surface area contributed by atoms with E-state index >= 15 is 0 Å². The minimum absolute atomic E-state index is 0.0468. The second-order valence-electron chi connectivity index (χ2n) is 18.9. The molecule has 6 unspecified atom stereocenters. The molecule has 1 aromatic heterocycles. The second-order valence-corrected chi connectivity index (χ2v) is 20.0. The van der Waals surface area contributed by atoms with E-state index in [4.69, 9.17) is 4.74 Å². The molecule has 3 spiro atoms.